The summed E-state index contributed by atoms with van der Waals surface area (Å²) in [5.41, 5.74) is 1.47. The highest BCUT2D eigenvalue weighted by atomic mass is 79.9. The minimum Gasteiger partial charge on any atom is -0.162 e. The van der Waals surface area contributed by atoms with Crippen LogP contribution in [0.15, 0.2) is 30.3 Å². The summed E-state index contributed by atoms with van der Waals surface area (Å²) < 4.78 is 0. The molecule has 0 bridgehead atoms. The van der Waals surface area contributed by atoms with Gasteiger partial charge >= 0.3 is 0 Å². The molecule has 0 fully saturated rings. The van der Waals surface area contributed by atoms with Gasteiger partial charge in [-0.05, 0) is 35.8 Å². The molecule has 0 heterocycles. The lowest BCUT2D eigenvalue weighted by molar-refractivity contribution is 0.681. The largest absolute Gasteiger partial charge is 0.162 e. The molecule has 1 rings (SSSR count). The SMILES string of the molecule is CCSCCCC(CBr)c1ccccc1. The second-order valence-corrected chi connectivity index (χ2v) is 5.64. The van der Waals surface area contributed by atoms with Crippen molar-refractivity contribution in [2.75, 3.05) is 16.8 Å². The van der Waals surface area contributed by atoms with Crippen molar-refractivity contribution in [3.05, 3.63) is 35.9 Å². The number of benzene rings is 1. The maximum Gasteiger partial charge on any atom is 0.0100 e. The zero-order valence-electron chi connectivity index (χ0n) is 9.29. The van der Waals surface area contributed by atoms with Crippen LogP contribution in [0.4, 0.5) is 0 Å². The predicted octanol–water partition coefficient (Wildman–Crippen LogP) is 4.70. The van der Waals surface area contributed by atoms with Gasteiger partial charge in [0.25, 0.3) is 0 Å². The van der Waals surface area contributed by atoms with E-state index in [1.807, 2.05) is 11.8 Å². The average Bonchev–Trinajstić information content (AvgIpc) is 2.30. The third-order valence-corrected chi connectivity index (χ3v) is 4.27. The van der Waals surface area contributed by atoms with Gasteiger partial charge in [0.2, 0.25) is 0 Å². The van der Waals surface area contributed by atoms with Crippen LogP contribution in [0.2, 0.25) is 0 Å². The van der Waals surface area contributed by atoms with E-state index in [1.165, 1.54) is 29.9 Å². The quantitative estimate of drug-likeness (QED) is 0.517. The number of hydrogen-bond donors (Lipinski definition) is 0. The monoisotopic (exact) mass is 286 g/mol. The van der Waals surface area contributed by atoms with E-state index in [9.17, 15) is 0 Å². The van der Waals surface area contributed by atoms with Crippen molar-refractivity contribution in [1.29, 1.82) is 0 Å². The van der Waals surface area contributed by atoms with Crippen molar-refractivity contribution in [1.82, 2.24) is 0 Å². The van der Waals surface area contributed by atoms with Crippen molar-refractivity contribution in [3.8, 4) is 0 Å². The highest BCUT2D eigenvalue weighted by Gasteiger charge is 2.08. The second kappa shape index (κ2) is 8.23. The summed E-state index contributed by atoms with van der Waals surface area (Å²) in [6.07, 6.45) is 2.62. The van der Waals surface area contributed by atoms with Crippen molar-refractivity contribution in [2.45, 2.75) is 25.7 Å². The maximum atomic E-state index is 3.61. The third kappa shape index (κ3) is 5.07. The van der Waals surface area contributed by atoms with E-state index in [4.69, 9.17) is 0 Å². The first-order chi connectivity index (χ1) is 7.38. The van der Waals surface area contributed by atoms with Gasteiger partial charge in [-0.3, -0.25) is 0 Å². The highest BCUT2D eigenvalue weighted by Crippen LogP contribution is 2.24. The first-order valence-corrected chi connectivity index (χ1v) is 7.84. The highest BCUT2D eigenvalue weighted by molar-refractivity contribution is 9.09. The van der Waals surface area contributed by atoms with E-state index in [0.29, 0.717) is 5.92 Å². The van der Waals surface area contributed by atoms with Gasteiger partial charge in [0.15, 0.2) is 0 Å². The lowest BCUT2D eigenvalue weighted by Gasteiger charge is -2.13. The molecule has 0 nitrogen and oxygen atoms in total. The fraction of sp³-hybridized carbons (Fsp3) is 0.538. The number of halogens is 1. The van der Waals surface area contributed by atoms with Crippen LogP contribution in [-0.2, 0) is 0 Å². The van der Waals surface area contributed by atoms with Crippen LogP contribution in [0, 0.1) is 0 Å². The fourth-order valence-corrected chi connectivity index (χ4v) is 2.99. The van der Waals surface area contributed by atoms with Crippen LogP contribution in [0.5, 0.6) is 0 Å². The number of alkyl halides is 1. The minimum atomic E-state index is 0.684. The Morgan fingerprint density at radius 2 is 2.00 bits per heavy atom. The molecule has 15 heavy (non-hydrogen) atoms. The molecule has 0 aliphatic rings. The molecule has 0 N–H and O–H groups in total. The van der Waals surface area contributed by atoms with Gasteiger partial charge in [0, 0.05) is 5.33 Å². The van der Waals surface area contributed by atoms with Gasteiger partial charge in [-0.2, -0.15) is 11.8 Å². The molecule has 2 heteroatoms. The maximum absolute atomic E-state index is 3.61. The van der Waals surface area contributed by atoms with Gasteiger partial charge in [-0.25, -0.2) is 0 Å². The Hall–Kier alpha value is 0.0500. The van der Waals surface area contributed by atoms with E-state index in [1.54, 1.807) is 0 Å². The third-order valence-electron chi connectivity index (χ3n) is 2.50. The zero-order valence-corrected chi connectivity index (χ0v) is 11.7. The summed E-state index contributed by atoms with van der Waals surface area (Å²) in [6, 6.07) is 10.8. The molecule has 0 aromatic heterocycles. The smallest absolute Gasteiger partial charge is 0.0100 e. The fourth-order valence-electron chi connectivity index (χ4n) is 1.63. The van der Waals surface area contributed by atoms with Gasteiger partial charge in [0.05, 0.1) is 0 Å². The van der Waals surface area contributed by atoms with Crippen molar-refractivity contribution < 1.29 is 0 Å². The Morgan fingerprint density at radius 1 is 1.27 bits per heavy atom. The van der Waals surface area contributed by atoms with Crippen LogP contribution in [0.1, 0.15) is 31.2 Å². The molecule has 0 saturated carbocycles. The molecule has 1 unspecified atom stereocenters. The Morgan fingerprint density at radius 3 is 2.60 bits per heavy atom. The molecule has 1 aromatic rings. The normalized spacial score (nSPS) is 12.7. The molecule has 0 radical (unpaired) electrons. The van der Waals surface area contributed by atoms with Crippen molar-refractivity contribution in [2.24, 2.45) is 0 Å². The number of rotatable bonds is 7. The lowest BCUT2D eigenvalue weighted by atomic mass is 9.97. The topological polar surface area (TPSA) is 0 Å². The molecule has 0 saturated heterocycles. The van der Waals surface area contributed by atoms with Crippen LogP contribution >= 0.6 is 27.7 Å². The van der Waals surface area contributed by atoms with E-state index in [0.717, 1.165) is 5.33 Å². The van der Waals surface area contributed by atoms with Crippen LogP contribution < -0.4 is 0 Å². The van der Waals surface area contributed by atoms with Gasteiger partial charge < -0.3 is 0 Å². The first kappa shape index (κ1) is 13.1. The summed E-state index contributed by atoms with van der Waals surface area (Å²) in [5, 5.41) is 1.08. The minimum absolute atomic E-state index is 0.684. The molecular weight excluding hydrogens is 268 g/mol. The van der Waals surface area contributed by atoms with Gasteiger partial charge in [-0.15, -0.1) is 0 Å². The molecule has 0 aliphatic carbocycles. The average molecular weight is 287 g/mol. The number of hydrogen-bond acceptors (Lipinski definition) is 1. The molecule has 0 aliphatic heterocycles. The second-order valence-electron chi connectivity index (χ2n) is 3.60. The van der Waals surface area contributed by atoms with Crippen LogP contribution in [-0.4, -0.2) is 16.8 Å². The summed E-state index contributed by atoms with van der Waals surface area (Å²) >= 11 is 5.66. The summed E-state index contributed by atoms with van der Waals surface area (Å²) in [5.74, 6) is 3.22. The summed E-state index contributed by atoms with van der Waals surface area (Å²) in [7, 11) is 0. The summed E-state index contributed by atoms with van der Waals surface area (Å²) in [4.78, 5) is 0. The molecule has 84 valence electrons. The predicted molar refractivity (Wildman–Crippen MR) is 75.2 cm³/mol. The molecular formula is C13H19BrS. The van der Waals surface area contributed by atoms with Crippen molar-refractivity contribution >= 4 is 27.7 Å². The van der Waals surface area contributed by atoms with Gasteiger partial charge in [-0.1, -0.05) is 53.2 Å². The van der Waals surface area contributed by atoms with E-state index in [2.05, 4.69) is 53.2 Å². The van der Waals surface area contributed by atoms with E-state index < -0.39 is 0 Å². The van der Waals surface area contributed by atoms with E-state index in [-0.39, 0.29) is 0 Å². The Balaban J connectivity index is 2.36. The lowest BCUT2D eigenvalue weighted by Crippen LogP contribution is -2.00. The summed E-state index contributed by atoms with van der Waals surface area (Å²) in [6.45, 7) is 2.23. The van der Waals surface area contributed by atoms with Crippen LogP contribution in [0.3, 0.4) is 0 Å². The Bertz CT molecular complexity index is 248. The van der Waals surface area contributed by atoms with Gasteiger partial charge in [0.1, 0.15) is 0 Å². The standard InChI is InChI=1S/C13H19BrS/c1-2-15-10-6-9-13(11-14)12-7-4-3-5-8-12/h3-5,7-8,13H,2,6,9-11H2,1H3. The van der Waals surface area contributed by atoms with E-state index >= 15 is 0 Å². The van der Waals surface area contributed by atoms with Crippen molar-refractivity contribution in [3.63, 3.8) is 0 Å². The first-order valence-electron chi connectivity index (χ1n) is 5.57. The molecule has 0 spiro atoms. The Kier molecular flexibility index (Phi) is 7.20. The molecule has 1 atom stereocenters. The zero-order chi connectivity index (χ0) is 10.9. The Labute approximate surface area is 106 Å². The molecule has 0 amide bonds. The van der Waals surface area contributed by atoms with Crippen LogP contribution in [0.25, 0.3) is 0 Å². The molecule has 1 aromatic carbocycles. The number of thioether (sulfide) groups is 1.